The van der Waals surface area contributed by atoms with Gasteiger partial charge >= 0.3 is 5.97 Å². The van der Waals surface area contributed by atoms with Gasteiger partial charge in [0.05, 0.1) is 6.61 Å². The highest BCUT2D eigenvalue weighted by Gasteiger charge is 2.41. The zero-order valence-corrected chi connectivity index (χ0v) is 14.8. The molecule has 25 heavy (non-hydrogen) atoms. The van der Waals surface area contributed by atoms with Gasteiger partial charge in [-0.25, -0.2) is 9.78 Å². The van der Waals surface area contributed by atoms with Gasteiger partial charge in [0.1, 0.15) is 22.7 Å². The predicted octanol–water partition coefficient (Wildman–Crippen LogP) is 3.45. The second-order valence-electron chi connectivity index (χ2n) is 6.99. The van der Waals surface area contributed by atoms with Gasteiger partial charge in [-0.3, -0.25) is 0 Å². The number of anilines is 1. The number of ether oxygens (including phenoxy) is 2. The molecule has 1 aromatic carbocycles. The summed E-state index contributed by atoms with van der Waals surface area (Å²) in [5, 5.41) is 0. The maximum absolute atomic E-state index is 12.4. The van der Waals surface area contributed by atoms with Gasteiger partial charge in [-0.1, -0.05) is 6.07 Å². The van der Waals surface area contributed by atoms with Crippen LogP contribution in [0.3, 0.4) is 0 Å². The number of cyclic esters (lactones) is 1. The smallest absolute Gasteiger partial charge is 0.343 e. The van der Waals surface area contributed by atoms with Crippen molar-refractivity contribution in [3.63, 3.8) is 0 Å². The summed E-state index contributed by atoms with van der Waals surface area (Å²) in [4.78, 5) is 19.1. The second-order valence-corrected chi connectivity index (χ2v) is 6.99. The van der Waals surface area contributed by atoms with Gasteiger partial charge in [0.15, 0.2) is 0 Å². The van der Waals surface area contributed by atoms with Crippen LogP contribution in [0.15, 0.2) is 30.5 Å². The van der Waals surface area contributed by atoms with E-state index in [1.807, 2.05) is 32.9 Å². The second kappa shape index (κ2) is 5.76. The number of hydrogen-bond acceptors (Lipinski definition) is 5. The molecular weight excluding hydrogens is 316 g/mol. The van der Waals surface area contributed by atoms with Crippen LogP contribution in [0, 0.1) is 0 Å². The van der Waals surface area contributed by atoms with Crippen LogP contribution in [0.4, 0.5) is 5.82 Å². The van der Waals surface area contributed by atoms with E-state index in [1.165, 1.54) is 11.1 Å². The Bertz CT molecular complexity index is 845. The number of aromatic nitrogens is 1. The lowest BCUT2D eigenvalue weighted by molar-refractivity contribution is 0.00956. The summed E-state index contributed by atoms with van der Waals surface area (Å²) in [6, 6.07) is 8.14. The number of hydrogen-bond donors (Lipinski definition) is 0. The zero-order valence-electron chi connectivity index (χ0n) is 14.8. The minimum absolute atomic E-state index is 0.281. The molecule has 4 rings (SSSR count). The van der Waals surface area contributed by atoms with Crippen LogP contribution in [0.1, 0.15) is 47.8 Å². The fraction of sp³-hybridized carbons (Fsp3) is 0.400. The molecule has 0 atom stereocenters. The normalized spacial score (nSPS) is 17.7. The van der Waals surface area contributed by atoms with Crippen molar-refractivity contribution in [2.24, 2.45) is 0 Å². The molecule has 0 unspecified atom stereocenters. The first kappa shape index (κ1) is 15.9. The van der Waals surface area contributed by atoms with E-state index in [0.29, 0.717) is 18.7 Å². The molecule has 5 nitrogen and oxygen atoms in total. The number of pyridine rings is 1. The van der Waals surface area contributed by atoms with Crippen molar-refractivity contribution >= 4 is 11.8 Å². The van der Waals surface area contributed by atoms with Gasteiger partial charge in [-0.2, -0.15) is 0 Å². The van der Waals surface area contributed by atoms with Gasteiger partial charge in [-0.15, -0.1) is 0 Å². The number of rotatable bonds is 3. The van der Waals surface area contributed by atoms with Gasteiger partial charge < -0.3 is 14.4 Å². The predicted molar refractivity (Wildman–Crippen MR) is 95.0 cm³/mol. The number of esters is 1. The molecule has 3 heterocycles. The highest BCUT2D eigenvalue weighted by molar-refractivity contribution is 5.99. The molecule has 0 radical (unpaired) electrons. The van der Waals surface area contributed by atoms with E-state index in [2.05, 4.69) is 22.0 Å². The molecule has 2 aliphatic rings. The van der Waals surface area contributed by atoms with Crippen molar-refractivity contribution in [2.45, 2.75) is 39.3 Å². The number of benzene rings is 1. The Morgan fingerprint density at radius 3 is 2.92 bits per heavy atom. The maximum Gasteiger partial charge on any atom is 0.343 e. The Balaban J connectivity index is 1.70. The quantitative estimate of drug-likeness (QED) is 0.802. The number of carbonyl (C=O) groups is 1. The minimum Gasteiger partial charge on any atom is -0.494 e. The Kier molecular flexibility index (Phi) is 3.67. The summed E-state index contributed by atoms with van der Waals surface area (Å²) >= 11 is 0. The highest BCUT2D eigenvalue weighted by Crippen LogP contribution is 2.40. The summed E-state index contributed by atoms with van der Waals surface area (Å²) in [6.45, 7) is 8.01. The van der Waals surface area contributed by atoms with Crippen LogP contribution in [0.2, 0.25) is 0 Å². The molecular formula is C20H22N2O3. The fourth-order valence-corrected chi connectivity index (χ4v) is 3.70. The first-order chi connectivity index (χ1) is 12.0. The molecule has 1 aromatic heterocycles. The van der Waals surface area contributed by atoms with Gasteiger partial charge in [-0.05, 0) is 56.5 Å². The van der Waals surface area contributed by atoms with E-state index in [-0.39, 0.29) is 5.97 Å². The van der Waals surface area contributed by atoms with Crippen molar-refractivity contribution in [1.29, 1.82) is 0 Å². The molecule has 2 aliphatic heterocycles. The van der Waals surface area contributed by atoms with Gasteiger partial charge in [0.2, 0.25) is 0 Å². The van der Waals surface area contributed by atoms with Crippen LogP contribution in [-0.4, -0.2) is 24.1 Å². The Morgan fingerprint density at radius 2 is 2.12 bits per heavy atom. The van der Waals surface area contributed by atoms with Crippen LogP contribution >= 0.6 is 0 Å². The van der Waals surface area contributed by atoms with Crippen LogP contribution in [-0.2, 0) is 23.3 Å². The number of nitrogens with zero attached hydrogens (tertiary/aromatic N) is 2. The minimum atomic E-state index is -0.597. The third kappa shape index (κ3) is 2.64. The standard InChI is InChI=1S/C20H22N2O3/c1-4-24-15-6-5-13-8-10-22(12-14(13)11-15)18-17-16(7-9-21-18)20(2,3)25-19(17)23/h5-7,9,11H,4,8,10,12H2,1-3H3. The molecule has 0 bridgehead atoms. The molecule has 2 aromatic rings. The van der Waals surface area contributed by atoms with Crippen molar-refractivity contribution in [3.05, 3.63) is 52.7 Å². The molecule has 0 amide bonds. The maximum atomic E-state index is 12.4. The van der Waals surface area contributed by atoms with Crippen molar-refractivity contribution < 1.29 is 14.3 Å². The Morgan fingerprint density at radius 1 is 1.28 bits per heavy atom. The van der Waals surface area contributed by atoms with Crippen molar-refractivity contribution in [3.8, 4) is 5.75 Å². The molecule has 5 heteroatoms. The number of carbonyl (C=O) groups excluding carboxylic acids is 1. The summed E-state index contributed by atoms with van der Waals surface area (Å²) in [7, 11) is 0. The summed E-state index contributed by atoms with van der Waals surface area (Å²) in [5.41, 5.74) is 3.48. The Labute approximate surface area is 147 Å². The molecule has 0 aliphatic carbocycles. The van der Waals surface area contributed by atoms with E-state index >= 15 is 0 Å². The molecule has 0 saturated carbocycles. The summed E-state index contributed by atoms with van der Waals surface area (Å²) in [6.07, 6.45) is 2.69. The highest BCUT2D eigenvalue weighted by atomic mass is 16.6. The average molecular weight is 338 g/mol. The number of fused-ring (bicyclic) bond motifs is 2. The lowest BCUT2D eigenvalue weighted by atomic mass is 9.95. The summed E-state index contributed by atoms with van der Waals surface area (Å²) in [5.74, 6) is 1.33. The SMILES string of the molecule is CCOc1ccc2c(c1)CN(c1nccc3c1C(=O)OC3(C)C)CC2. The van der Waals surface area contributed by atoms with E-state index in [0.717, 1.165) is 30.1 Å². The van der Waals surface area contributed by atoms with E-state index in [1.54, 1.807) is 6.20 Å². The lowest BCUT2D eigenvalue weighted by Gasteiger charge is -2.31. The van der Waals surface area contributed by atoms with Crippen LogP contribution in [0.25, 0.3) is 0 Å². The monoisotopic (exact) mass is 338 g/mol. The first-order valence-electron chi connectivity index (χ1n) is 8.72. The topological polar surface area (TPSA) is 51.7 Å². The zero-order chi connectivity index (χ0) is 17.6. The molecule has 0 fully saturated rings. The molecule has 0 spiro atoms. The summed E-state index contributed by atoms with van der Waals surface area (Å²) < 4.78 is 11.2. The average Bonchev–Trinajstić information content (AvgIpc) is 2.84. The lowest BCUT2D eigenvalue weighted by Crippen LogP contribution is -2.32. The van der Waals surface area contributed by atoms with Gasteiger partial charge in [0, 0.05) is 24.8 Å². The van der Waals surface area contributed by atoms with E-state index in [9.17, 15) is 4.79 Å². The third-order valence-electron chi connectivity index (χ3n) is 4.93. The van der Waals surface area contributed by atoms with Crippen molar-refractivity contribution in [2.75, 3.05) is 18.1 Å². The molecule has 130 valence electrons. The molecule has 0 saturated heterocycles. The van der Waals surface area contributed by atoms with E-state index < -0.39 is 5.60 Å². The van der Waals surface area contributed by atoms with Crippen LogP contribution < -0.4 is 9.64 Å². The van der Waals surface area contributed by atoms with Gasteiger partial charge in [0.25, 0.3) is 0 Å². The van der Waals surface area contributed by atoms with Crippen molar-refractivity contribution in [1.82, 2.24) is 4.98 Å². The van der Waals surface area contributed by atoms with E-state index in [4.69, 9.17) is 9.47 Å². The van der Waals surface area contributed by atoms with Crippen LogP contribution in [0.5, 0.6) is 5.75 Å². The molecule has 0 N–H and O–H groups in total. The fourth-order valence-electron chi connectivity index (χ4n) is 3.70. The largest absolute Gasteiger partial charge is 0.494 e. The first-order valence-corrected chi connectivity index (χ1v) is 8.72. The Hall–Kier alpha value is -2.56. The third-order valence-corrected chi connectivity index (χ3v) is 4.93.